The van der Waals surface area contributed by atoms with Crippen LogP contribution < -0.4 is 15.8 Å². The van der Waals surface area contributed by atoms with E-state index in [2.05, 4.69) is 15.3 Å². The number of rotatable bonds is 3. The molecule has 2 aromatic rings. The Hall–Kier alpha value is -1.72. The Balaban J connectivity index is 0.00000180. The summed E-state index contributed by atoms with van der Waals surface area (Å²) in [6.07, 6.45) is 0. The summed E-state index contributed by atoms with van der Waals surface area (Å²) < 4.78 is 5.08. The third-order valence-corrected chi connectivity index (χ3v) is 2.58. The largest absolute Gasteiger partial charge is 0.495 e. The maximum atomic E-state index is 6.03. The van der Waals surface area contributed by atoms with Gasteiger partial charge in [0.15, 0.2) is 0 Å². The summed E-state index contributed by atoms with van der Waals surface area (Å²) in [6, 6.07) is 7.03. The number of hydrogen-bond donors (Lipinski definition) is 2. The van der Waals surface area contributed by atoms with Gasteiger partial charge >= 0.3 is 0 Å². The number of anilines is 3. The fraction of sp³-hybridized carbons (Fsp3) is 0.167. The van der Waals surface area contributed by atoms with Gasteiger partial charge in [0.2, 0.25) is 5.95 Å². The van der Waals surface area contributed by atoms with Crippen LogP contribution in [0.15, 0.2) is 24.3 Å². The number of nitrogen functional groups attached to an aromatic ring is 1. The third-order valence-electron chi connectivity index (χ3n) is 2.28. The molecule has 7 heteroatoms. The summed E-state index contributed by atoms with van der Waals surface area (Å²) in [5.74, 6) is 1.48. The van der Waals surface area contributed by atoms with Crippen LogP contribution in [0.5, 0.6) is 5.75 Å². The molecule has 1 heterocycles. The number of ether oxygens (including phenoxy) is 1. The van der Waals surface area contributed by atoms with Gasteiger partial charge in [-0.1, -0.05) is 11.6 Å². The molecule has 0 aliphatic rings. The number of nitrogens with two attached hydrogens (primary N) is 1. The first kappa shape index (κ1) is 15.3. The van der Waals surface area contributed by atoms with E-state index in [0.29, 0.717) is 22.5 Å². The summed E-state index contributed by atoms with van der Waals surface area (Å²) in [5.41, 5.74) is 7.22. The van der Waals surface area contributed by atoms with Crippen molar-refractivity contribution in [2.45, 2.75) is 6.92 Å². The summed E-state index contributed by atoms with van der Waals surface area (Å²) >= 11 is 6.03. The first-order chi connectivity index (χ1) is 8.58. The van der Waals surface area contributed by atoms with Crippen LogP contribution in [0.25, 0.3) is 0 Å². The SMILES string of the molecule is COc1ccc(Nc2nc(C)cc(N)n2)cc1Cl.Cl. The van der Waals surface area contributed by atoms with Crippen molar-refractivity contribution >= 4 is 41.5 Å². The molecular weight excluding hydrogens is 287 g/mol. The van der Waals surface area contributed by atoms with E-state index in [0.717, 1.165) is 11.4 Å². The van der Waals surface area contributed by atoms with Crippen molar-refractivity contribution < 1.29 is 4.74 Å². The van der Waals surface area contributed by atoms with Crippen LogP contribution in [-0.2, 0) is 0 Å². The van der Waals surface area contributed by atoms with Crippen LogP contribution in [0.4, 0.5) is 17.5 Å². The number of hydrogen-bond acceptors (Lipinski definition) is 5. The molecule has 0 atom stereocenters. The average Bonchev–Trinajstić information content (AvgIpc) is 2.27. The Morgan fingerprint density at radius 1 is 1.26 bits per heavy atom. The predicted molar refractivity (Wildman–Crippen MR) is 79.7 cm³/mol. The van der Waals surface area contributed by atoms with Crippen LogP contribution in [0, 0.1) is 6.92 Å². The zero-order valence-corrected chi connectivity index (χ0v) is 12.0. The number of aromatic nitrogens is 2. The Morgan fingerprint density at radius 2 is 2.00 bits per heavy atom. The highest BCUT2D eigenvalue weighted by molar-refractivity contribution is 6.32. The van der Waals surface area contributed by atoms with Gasteiger partial charge in [-0.2, -0.15) is 4.98 Å². The van der Waals surface area contributed by atoms with Gasteiger partial charge in [-0.05, 0) is 25.1 Å². The van der Waals surface area contributed by atoms with E-state index in [1.54, 1.807) is 25.3 Å². The van der Waals surface area contributed by atoms with E-state index in [9.17, 15) is 0 Å². The maximum absolute atomic E-state index is 6.03. The van der Waals surface area contributed by atoms with Crippen molar-refractivity contribution in [3.63, 3.8) is 0 Å². The first-order valence-electron chi connectivity index (χ1n) is 5.30. The fourth-order valence-electron chi connectivity index (χ4n) is 1.52. The standard InChI is InChI=1S/C12H13ClN4O.ClH/c1-7-5-11(14)17-12(15-7)16-8-3-4-10(18-2)9(13)6-8;/h3-6H,1-2H3,(H3,14,15,16,17);1H. The molecule has 0 saturated carbocycles. The highest BCUT2D eigenvalue weighted by Crippen LogP contribution is 2.28. The molecule has 3 N–H and O–H groups in total. The second kappa shape index (κ2) is 6.45. The summed E-state index contributed by atoms with van der Waals surface area (Å²) in [5, 5.41) is 3.55. The van der Waals surface area contributed by atoms with E-state index in [1.165, 1.54) is 0 Å². The zero-order valence-electron chi connectivity index (χ0n) is 10.5. The highest BCUT2D eigenvalue weighted by Gasteiger charge is 2.04. The van der Waals surface area contributed by atoms with E-state index in [4.69, 9.17) is 22.1 Å². The van der Waals surface area contributed by atoms with Crippen molar-refractivity contribution in [2.24, 2.45) is 0 Å². The average molecular weight is 301 g/mol. The molecule has 0 bridgehead atoms. The zero-order chi connectivity index (χ0) is 13.1. The second-order valence-corrected chi connectivity index (χ2v) is 4.14. The van der Waals surface area contributed by atoms with Crippen LogP contribution >= 0.6 is 24.0 Å². The minimum Gasteiger partial charge on any atom is -0.495 e. The van der Waals surface area contributed by atoms with Crippen LogP contribution in [-0.4, -0.2) is 17.1 Å². The highest BCUT2D eigenvalue weighted by atomic mass is 35.5. The van der Waals surface area contributed by atoms with Crippen LogP contribution in [0.3, 0.4) is 0 Å². The predicted octanol–water partition coefficient (Wildman–Crippen LogP) is 3.19. The quantitative estimate of drug-likeness (QED) is 0.910. The lowest BCUT2D eigenvalue weighted by Crippen LogP contribution is -2.01. The molecule has 19 heavy (non-hydrogen) atoms. The lowest BCUT2D eigenvalue weighted by molar-refractivity contribution is 0.415. The molecule has 0 radical (unpaired) electrons. The number of halogens is 2. The summed E-state index contributed by atoms with van der Waals surface area (Å²) in [6.45, 7) is 1.85. The molecule has 0 aliphatic carbocycles. The fourth-order valence-corrected chi connectivity index (χ4v) is 1.78. The van der Waals surface area contributed by atoms with E-state index >= 15 is 0 Å². The minimum absolute atomic E-state index is 0. The number of nitrogens with one attached hydrogen (secondary N) is 1. The van der Waals surface area contributed by atoms with Crippen molar-refractivity contribution in [1.82, 2.24) is 9.97 Å². The lowest BCUT2D eigenvalue weighted by atomic mass is 10.3. The van der Waals surface area contributed by atoms with Crippen molar-refractivity contribution in [3.8, 4) is 5.75 Å². The normalized spacial score (nSPS) is 9.63. The van der Waals surface area contributed by atoms with Crippen LogP contribution in [0.2, 0.25) is 5.02 Å². The number of benzene rings is 1. The Bertz CT molecular complexity index is 557. The molecule has 5 nitrogen and oxygen atoms in total. The van der Waals surface area contributed by atoms with Crippen molar-refractivity contribution in [2.75, 3.05) is 18.2 Å². The smallest absolute Gasteiger partial charge is 0.229 e. The summed E-state index contributed by atoms with van der Waals surface area (Å²) in [4.78, 5) is 8.31. The summed E-state index contributed by atoms with van der Waals surface area (Å²) in [7, 11) is 1.57. The van der Waals surface area contributed by atoms with E-state index in [1.807, 2.05) is 13.0 Å². The van der Waals surface area contributed by atoms with Gasteiger partial charge in [0.1, 0.15) is 11.6 Å². The molecule has 0 amide bonds. The van der Waals surface area contributed by atoms with Gasteiger partial charge in [-0.3, -0.25) is 0 Å². The topological polar surface area (TPSA) is 73.1 Å². The van der Waals surface area contributed by atoms with Crippen LogP contribution in [0.1, 0.15) is 5.69 Å². The van der Waals surface area contributed by atoms with Gasteiger partial charge in [-0.15, -0.1) is 12.4 Å². The van der Waals surface area contributed by atoms with E-state index in [-0.39, 0.29) is 12.4 Å². The molecule has 102 valence electrons. The molecule has 1 aromatic carbocycles. The molecule has 2 rings (SSSR count). The monoisotopic (exact) mass is 300 g/mol. The third kappa shape index (κ3) is 3.87. The maximum Gasteiger partial charge on any atom is 0.229 e. The van der Waals surface area contributed by atoms with Gasteiger partial charge in [-0.25, -0.2) is 4.98 Å². The molecular formula is C12H14Cl2N4O. The van der Waals surface area contributed by atoms with Crippen molar-refractivity contribution in [1.29, 1.82) is 0 Å². The molecule has 0 aliphatic heterocycles. The number of methoxy groups -OCH3 is 1. The lowest BCUT2D eigenvalue weighted by Gasteiger charge is -2.08. The van der Waals surface area contributed by atoms with Gasteiger partial charge < -0.3 is 15.8 Å². The second-order valence-electron chi connectivity index (χ2n) is 3.73. The van der Waals surface area contributed by atoms with Crippen molar-refractivity contribution in [3.05, 3.63) is 35.0 Å². The Morgan fingerprint density at radius 3 is 2.58 bits per heavy atom. The van der Waals surface area contributed by atoms with Gasteiger partial charge in [0.05, 0.1) is 12.1 Å². The Labute approximate surface area is 122 Å². The minimum atomic E-state index is 0. The van der Waals surface area contributed by atoms with E-state index < -0.39 is 0 Å². The molecule has 0 fully saturated rings. The number of aryl methyl sites for hydroxylation is 1. The first-order valence-corrected chi connectivity index (χ1v) is 5.68. The molecule has 0 saturated heterocycles. The molecule has 0 unspecified atom stereocenters. The molecule has 1 aromatic heterocycles. The number of nitrogens with zero attached hydrogens (tertiary/aromatic N) is 2. The van der Waals surface area contributed by atoms with Gasteiger partial charge in [0.25, 0.3) is 0 Å². The Kier molecular flexibility index (Phi) is 5.20. The van der Waals surface area contributed by atoms with Gasteiger partial charge in [0, 0.05) is 17.4 Å². The molecule has 0 spiro atoms.